The topological polar surface area (TPSA) is 118 Å². The molecule has 6 heteroatoms. The van der Waals surface area contributed by atoms with Crippen molar-refractivity contribution in [3.05, 3.63) is 0 Å². The second kappa shape index (κ2) is 7.72. The van der Waals surface area contributed by atoms with Crippen molar-refractivity contribution in [1.29, 1.82) is 0 Å². The molecule has 0 aromatic rings. The quantitative estimate of drug-likeness (QED) is 0.473. The van der Waals surface area contributed by atoms with Crippen molar-refractivity contribution in [1.82, 2.24) is 0 Å². The van der Waals surface area contributed by atoms with Crippen LogP contribution < -0.4 is 0 Å². The molecule has 0 aromatic heterocycles. The van der Waals surface area contributed by atoms with Crippen molar-refractivity contribution in [2.45, 2.75) is 96.6 Å². The number of rotatable bonds is 4. The van der Waals surface area contributed by atoms with Crippen LogP contribution in [0.2, 0.25) is 0 Å². The molecule has 4 fully saturated rings. The van der Waals surface area contributed by atoms with Crippen LogP contribution in [0, 0.1) is 46.3 Å². The van der Waals surface area contributed by atoms with E-state index in [1.54, 1.807) is 0 Å². The summed E-state index contributed by atoms with van der Waals surface area (Å²) < 4.78 is 0. The first-order valence-corrected chi connectivity index (χ1v) is 12.0. The smallest absolute Gasteiger partial charge is 0.303 e. The summed E-state index contributed by atoms with van der Waals surface area (Å²) >= 11 is 0. The Kier molecular flexibility index (Phi) is 5.79. The minimum atomic E-state index is -0.839. The monoisotopic (exact) mass is 424 g/mol. The molecule has 0 amide bonds. The molecule has 4 aliphatic rings. The van der Waals surface area contributed by atoms with Gasteiger partial charge in [-0.15, -0.1) is 0 Å². The molecule has 4 rings (SSSR count). The molecule has 6 nitrogen and oxygen atoms in total. The molecule has 172 valence electrons. The standard InChI is InChI=1S/C24H40O6/c1-12(4-7-19(27)28)14-5-6-15-20-16(11-18(26)24(14,15)3)23(2)9-8-13(25)10-17(23)21(29)22(20)30/h12-18,20-22,25-26,29-30H,4-11H2,1-3H3,(H,27,28). The van der Waals surface area contributed by atoms with E-state index in [0.717, 1.165) is 19.3 Å². The predicted octanol–water partition coefficient (Wildman–Crippen LogP) is 2.42. The Labute approximate surface area is 179 Å². The fourth-order valence-corrected chi connectivity index (χ4v) is 8.72. The normalized spacial score (nSPS) is 54.0. The number of aliphatic hydroxyl groups excluding tert-OH is 4. The minimum Gasteiger partial charge on any atom is -0.481 e. The number of carboxylic acids is 1. The van der Waals surface area contributed by atoms with Gasteiger partial charge in [-0.3, -0.25) is 4.79 Å². The van der Waals surface area contributed by atoms with E-state index >= 15 is 0 Å². The maximum Gasteiger partial charge on any atom is 0.303 e. The highest BCUT2D eigenvalue weighted by molar-refractivity contribution is 5.66. The molecule has 0 aromatic carbocycles. The van der Waals surface area contributed by atoms with E-state index in [2.05, 4.69) is 20.8 Å². The average molecular weight is 425 g/mol. The second-order valence-corrected chi connectivity index (χ2v) is 11.5. The minimum absolute atomic E-state index is 0.0541. The molecule has 12 atom stereocenters. The third kappa shape index (κ3) is 3.16. The molecule has 4 saturated carbocycles. The van der Waals surface area contributed by atoms with Crippen LogP contribution >= 0.6 is 0 Å². The number of hydrogen-bond acceptors (Lipinski definition) is 5. The molecule has 0 heterocycles. The van der Waals surface area contributed by atoms with E-state index in [9.17, 15) is 25.2 Å². The molecule has 0 spiro atoms. The number of aliphatic hydroxyl groups is 4. The van der Waals surface area contributed by atoms with Crippen LogP contribution in [-0.2, 0) is 4.79 Å². The first-order valence-electron chi connectivity index (χ1n) is 12.0. The summed E-state index contributed by atoms with van der Waals surface area (Å²) in [7, 11) is 0. The van der Waals surface area contributed by atoms with Crippen LogP contribution in [0.1, 0.15) is 72.1 Å². The predicted molar refractivity (Wildman–Crippen MR) is 111 cm³/mol. The van der Waals surface area contributed by atoms with E-state index in [1.807, 2.05) is 0 Å². The molecular formula is C24H40O6. The molecule has 5 N–H and O–H groups in total. The molecule has 30 heavy (non-hydrogen) atoms. The van der Waals surface area contributed by atoms with Crippen molar-refractivity contribution in [2.75, 3.05) is 0 Å². The first kappa shape index (κ1) is 22.5. The van der Waals surface area contributed by atoms with E-state index in [0.29, 0.717) is 25.7 Å². The lowest BCUT2D eigenvalue weighted by Gasteiger charge is -2.64. The van der Waals surface area contributed by atoms with Crippen LogP contribution in [-0.4, -0.2) is 55.9 Å². The molecule has 12 unspecified atom stereocenters. The van der Waals surface area contributed by atoms with Gasteiger partial charge in [0.05, 0.1) is 24.4 Å². The van der Waals surface area contributed by atoms with Crippen molar-refractivity contribution in [3.63, 3.8) is 0 Å². The molecular weight excluding hydrogens is 384 g/mol. The van der Waals surface area contributed by atoms with E-state index in [4.69, 9.17) is 5.11 Å². The van der Waals surface area contributed by atoms with Crippen molar-refractivity contribution >= 4 is 5.97 Å². The number of aliphatic carboxylic acids is 1. The van der Waals surface area contributed by atoms with Crippen LogP contribution in [0.3, 0.4) is 0 Å². The summed E-state index contributed by atoms with van der Waals surface area (Å²) in [6.07, 6.45) is 2.67. The lowest BCUT2D eigenvalue weighted by molar-refractivity contribution is -0.243. The van der Waals surface area contributed by atoms with Gasteiger partial charge in [0.2, 0.25) is 0 Å². The average Bonchev–Trinajstić information content (AvgIpc) is 3.05. The number of carbonyl (C=O) groups is 1. The summed E-state index contributed by atoms with van der Waals surface area (Å²) in [5.41, 5.74) is -0.547. The third-order valence-electron chi connectivity index (χ3n) is 10.4. The fraction of sp³-hybridized carbons (Fsp3) is 0.958. The third-order valence-corrected chi connectivity index (χ3v) is 10.4. The zero-order valence-electron chi connectivity index (χ0n) is 18.6. The summed E-state index contributed by atoms with van der Waals surface area (Å²) in [6.45, 7) is 6.45. The van der Waals surface area contributed by atoms with Gasteiger partial charge in [-0.25, -0.2) is 0 Å². The molecule has 0 saturated heterocycles. The Balaban J connectivity index is 1.64. The van der Waals surface area contributed by atoms with Crippen molar-refractivity contribution in [2.24, 2.45) is 46.3 Å². The van der Waals surface area contributed by atoms with Crippen LogP contribution in [0.5, 0.6) is 0 Å². The number of carboxylic acid groups (broad SMARTS) is 1. The van der Waals surface area contributed by atoms with Gasteiger partial charge in [-0.05, 0) is 91.3 Å². The lowest BCUT2D eigenvalue weighted by Crippen LogP contribution is -2.66. The number of hydrogen-bond donors (Lipinski definition) is 5. The van der Waals surface area contributed by atoms with Gasteiger partial charge in [-0.1, -0.05) is 20.8 Å². The Hall–Kier alpha value is -0.690. The zero-order chi connectivity index (χ0) is 22.0. The second-order valence-electron chi connectivity index (χ2n) is 11.5. The van der Waals surface area contributed by atoms with Crippen LogP contribution in [0.25, 0.3) is 0 Å². The highest BCUT2D eigenvalue weighted by Crippen LogP contribution is 2.68. The molecule has 0 aliphatic heterocycles. The Morgan fingerprint density at radius 1 is 0.967 bits per heavy atom. The first-order chi connectivity index (χ1) is 14.0. The Morgan fingerprint density at radius 2 is 1.67 bits per heavy atom. The summed E-state index contributed by atoms with van der Waals surface area (Å²) in [5, 5.41) is 53.1. The highest BCUT2D eigenvalue weighted by atomic mass is 16.4. The summed E-state index contributed by atoms with van der Waals surface area (Å²) in [5.74, 6) is -0.299. The lowest BCUT2D eigenvalue weighted by atomic mass is 9.42. The van der Waals surface area contributed by atoms with Gasteiger partial charge < -0.3 is 25.5 Å². The maximum atomic E-state index is 11.5. The van der Waals surface area contributed by atoms with Gasteiger partial charge in [0, 0.05) is 6.42 Å². The Bertz CT molecular complexity index is 668. The maximum absolute atomic E-state index is 11.5. The zero-order valence-corrected chi connectivity index (χ0v) is 18.6. The van der Waals surface area contributed by atoms with Gasteiger partial charge in [0.15, 0.2) is 0 Å². The van der Waals surface area contributed by atoms with Crippen molar-refractivity contribution in [3.8, 4) is 0 Å². The summed E-state index contributed by atoms with van der Waals surface area (Å²) in [4.78, 5) is 11.1. The number of fused-ring (bicyclic) bond motifs is 5. The molecule has 0 radical (unpaired) electrons. The van der Waals surface area contributed by atoms with Crippen LogP contribution in [0.4, 0.5) is 0 Å². The van der Waals surface area contributed by atoms with E-state index in [-0.39, 0.29) is 52.8 Å². The van der Waals surface area contributed by atoms with Gasteiger partial charge in [-0.2, -0.15) is 0 Å². The van der Waals surface area contributed by atoms with Gasteiger partial charge in [0.25, 0.3) is 0 Å². The summed E-state index contributed by atoms with van der Waals surface area (Å²) in [6, 6.07) is 0. The van der Waals surface area contributed by atoms with Gasteiger partial charge in [0.1, 0.15) is 0 Å². The van der Waals surface area contributed by atoms with E-state index < -0.39 is 30.4 Å². The largest absolute Gasteiger partial charge is 0.481 e. The van der Waals surface area contributed by atoms with Crippen molar-refractivity contribution < 1.29 is 30.3 Å². The molecule has 4 aliphatic carbocycles. The van der Waals surface area contributed by atoms with Crippen LogP contribution in [0.15, 0.2) is 0 Å². The highest BCUT2D eigenvalue weighted by Gasteiger charge is 2.67. The molecule has 0 bridgehead atoms. The van der Waals surface area contributed by atoms with Gasteiger partial charge >= 0.3 is 5.97 Å². The Morgan fingerprint density at radius 3 is 2.33 bits per heavy atom. The fourth-order valence-electron chi connectivity index (χ4n) is 8.72. The van der Waals surface area contributed by atoms with E-state index in [1.165, 1.54) is 0 Å². The SMILES string of the molecule is CC(CCC(=O)O)C1CCC2C3C(O)C(O)C4CC(O)CCC4(C)C3CC(O)C12C.